The van der Waals surface area contributed by atoms with Crippen molar-refractivity contribution in [2.45, 2.75) is 32.4 Å². The molecule has 1 aliphatic heterocycles. The van der Waals surface area contributed by atoms with Crippen LogP contribution in [0.5, 0.6) is 5.88 Å². The van der Waals surface area contributed by atoms with Crippen molar-refractivity contribution in [3.05, 3.63) is 12.3 Å². The molecule has 1 aliphatic rings. The molecule has 0 amide bonds. The lowest BCUT2D eigenvalue weighted by atomic mass is 10.3. The molecule has 0 aliphatic carbocycles. The van der Waals surface area contributed by atoms with Crippen molar-refractivity contribution in [1.29, 1.82) is 0 Å². The van der Waals surface area contributed by atoms with Gasteiger partial charge in [0.1, 0.15) is 0 Å². The van der Waals surface area contributed by atoms with E-state index in [1.807, 2.05) is 13.8 Å². The molecule has 0 aromatic carbocycles. The van der Waals surface area contributed by atoms with Crippen LogP contribution in [0.2, 0.25) is 0 Å². The lowest BCUT2D eigenvalue weighted by molar-refractivity contribution is 0.195. The van der Waals surface area contributed by atoms with E-state index in [1.54, 1.807) is 12.3 Å². The molecule has 5 heteroatoms. The van der Waals surface area contributed by atoms with Gasteiger partial charge in [0, 0.05) is 18.9 Å². The molecule has 1 fully saturated rings. The highest BCUT2D eigenvalue weighted by Crippen LogP contribution is 2.13. The van der Waals surface area contributed by atoms with Gasteiger partial charge in [-0.05, 0) is 20.3 Å². The molecule has 1 unspecified atom stereocenters. The largest absolute Gasteiger partial charge is 0.475 e. The Hall–Kier alpha value is -1.36. The van der Waals surface area contributed by atoms with Gasteiger partial charge in [0.05, 0.1) is 18.8 Å². The molecule has 16 heavy (non-hydrogen) atoms. The summed E-state index contributed by atoms with van der Waals surface area (Å²) >= 11 is 0. The Morgan fingerprint density at radius 3 is 3.12 bits per heavy atom. The molecule has 1 atom stereocenters. The predicted octanol–water partition coefficient (Wildman–Crippen LogP) is 1.46. The topological polar surface area (TPSA) is 56.3 Å². The van der Waals surface area contributed by atoms with Crippen molar-refractivity contribution in [2.75, 3.05) is 18.5 Å². The van der Waals surface area contributed by atoms with Gasteiger partial charge >= 0.3 is 0 Å². The number of anilines is 1. The maximum atomic E-state index is 5.50. The standard InChI is InChI=1S/C11H17N3O2/c1-8(2)16-10-3-5-12-11(14-10)13-9-4-6-15-7-9/h3,5,8-9H,4,6-7H2,1-2H3,(H,12,13,14). The molecular weight excluding hydrogens is 206 g/mol. The van der Waals surface area contributed by atoms with Crippen LogP contribution in [0.25, 0.3) is 0 Å². The highest BCUT2D eigenvalue weighted by molar-refractivity contribution is 5.29. The Kier molecular flexibility index (Phi) is 3.56. The van der Waals surface area contributed by atoms with Gasteiger partial charge in [-0.1, -0.05) is 0 Å². The van der Waals surface area contributed by atoms with E-state index < -0.39 is 0 Å². The third-order valence-electron chi connectivity index (χ3n) is 2.25. The molecule has 0 spiro atoms. The fraction of sp³-hybridized carbons (Fsp3) is 0.636. The maximum Gasteiger partial charge on any atom is 0.226 e. The van der Waals surface area contributed by atoms with Gasteiger partial charge in [0.15, 0.2) is 0 Å². The number of nitrogens with one attached hydrogen (secondary N) is 1. The summed E-state index contributed by atoms with van der Waals surface area (Å²) in [6, 6.07) is 2.07. The lowest BCUT2D eigenvalue weighted by Crippen LogP contribution is -2.20. The number of aromatic nitrogens is 2. The Balaban J connectivity index is 1.97. The molecular formula is C11H17N3O2. The van der Waals surface area contributed by atoms with Gasteiger partial charge in [-0.3, -0.25) is 0 Å². The molecule has 0 saturated carbocycles. The van der Waals surface area contributed by atoms with E-state index in [0.717, 1.165) is 19.6 Å². The van der Waals surface area contributed by atoms with Crippen molar-refractivity contribution < 1.29 is 9.47 Å². The number of rotatable bonds is 4. The summed E-state index contributed by atoms with van der Waals surface area (Å²) in [5.41, 5.74) is 0. The summed E-state index contributed by atoms with van der Waals surface area (Å²) < 4.78 is 10.8. The van der Waals surface area contributed by atoms with E-state index in [4.69, 9.17) is 9.47 Å². The Morgan fingerprint density at radius 1 is 1.56 bits per heavy atom. The summed E-state index contributed by atoms with van der Waals surface area (Å²) in [5.74, 6) is 1.21. The molecule has 2 rings (SSSR count). The highest BCUT2D eigenvalue weighted by atomic mass is 16.5. The summed E-state index contributed by atoms with van der Waals surface area (Å²) in [7, 11) is 0. The van der Waals surface area contributed by atoms with Crippen LogP contribution in [-0.4, -0.2) is 35.3 Å². The first kappa shape index (κ1) is 11.1. The summed E-state index contributed by atoms with van der Waals surface area (Å²) in [5, 5.41) is 3.23. The van der Waals surface area contributed by atoms with Crippen molar-refractivity contribution in [3.8, 4) is 5.88 Å². The van der Waals surface area contributed by atoms with E-state index in [2.05, 4.69) is 15.3 Å². The smallest absolute Gasteiger partial charge is 0.226 e. The first-order valence-electron chi connectivity index (χ1n) is 5.58. The van der Waals surface area contributed by atoms with Crippen LogP contribution in [0.15, 0.2) is 12.3 Å². The summed E-state index contributed by atoms with van der Waals surface area (Å²) in [6.07, 6.45) is 2.82. The zero-order valence-corrected chi connectivity index (χ0v) is 9.64. The molecule has 5 nitrogen and oxygen atoms in total. The molecule has 2 heterocycles. The zero-order chi connectivity index (χ0) is 11.4. The zero-order valence-electron chi connectivity index (χ0n) is 9.64. The van der Waals surface area contributed by atoms with Gasteiger partial charge in [-0.2, -0.15) is 4.98 Å². The predicted molar refractivity (Wildman–Crippen MR) is 60.6 cm³/mol. The number of hydrogen-bond acceptors (Lipinski definition) is 5. The Labute approximate surface area is 95.2 Å². The minimum atomic E-state index is 0.123. The minimum Gasteiger partial charge on any atom is -0.475 e. The van der Waals surface area contributed by atoms with E-state index in [-0.39, 0.29) is 6.10 Å². The van der Waals surface area contributed by atoms with Crippen LogP contribution in [-0.2, 0) is 4.74 Å². The SMILES string of the molecule is CC(C)Oc1ccnc(NC2CCOC2)n1. The van der Waals surface area contributed by atoms with Crippen molar-refractivity contribution >= 4 is 5.95 Å². The molecule has 1 N–H and O–H groups in total. The van der Waals surface area contributed by atoms with E-state index in [9.17, 15) is 0 Å². The van der Waals surface area contributed by atoms with Gasteiger partial charge in [0.25, 0.3) is 0 Å². The first-order chi connectivity index (χ1) is 7.74. The second kappa shape index (κ2) is 5.12. The minimum absolute atomic E-state index is 0.123. The molecule has 1 aromatic rings. The molecule has 0 radical (unpaired) electrons. The maximum absolute atomic E-state index is 5.50. The highest BCUT2D eigenvalue weighted by Gasteiger charge is 2.16. The molecule has 88 valence electrons. The van der Waals surface area contributed by atoms with Crippen LogP contribution in [0, 0.1) is 0 Å². The summed E-state index contributed by atoms with van der Waals surface area (Å²) in [6.45, 7) is 5.47. The number of hydrogen-bond donors (Lipinski definition) is 1. The van der Waals surface area contributed by atoms with E-state index >= 15 is 0 Å². The Morgan fingerprint density at radius 2 is 2.44 bits per heavy atom. The third kappa shape index (κ3) is 3.06. The van der Waals surface area contributed by atoms with Crippen LogP contribution in [0.4, 0.5) is 5.95 Å². The van der Waals surface area contributed by atoms with Crippen LogP contribution in [0.3, 0.4) is 0 Å². The van der Waals surface area contributed by atoms with Crippen molar-refractivity contribution in [1.82, 2.24) is 9.97 Å². The second-order valence-electron chi connectivity index (χ2n) is 4.09. The van der Waals surface area contributed by atoms with Gasteiger partial charge < -0.3 is 14.8 Å². The fourth-order valence-corrected chi connectivity index (χ4v) is 1.55. The van der Waals surface area contributed by atoms with Crippen LogP contribution < -0.4 is 10.1 Å². The van der Waals surface area contributed by atoms with Crippen LogP contribution >= 0.6 is 0 Å². The second-order valence-corrected chi connectivity index (χ2v) is 4.09. The normalized spacial score (nSPS) is 20.1. The molecule has 1 saturated heterocycles. The van der Waals surface area contributed by atoms with Crippen LogP contribution in [0.1, 0.15) is 20.3 Å². The monoisotopic (exact) mass is 223 g/mol. The third-order valence-corrected chi connectivity index (χ3v) is 2.25. The van der Waals surface area contributed by atoms with Gasteiger partial charge in [0.2, 0.25) is 11.8 Å². The molecule has 0 bridgehead atoms. The average Bonchev–Trinajstić information content (AvgIpc) is 2.70. The van der Waals surface area contributed by atoms with E-state index in [1.165, 1.54) is 0 Å². The first-order valence-corrected chi connectivity index (χ1v) is 5.58. The van der Waals surface area contributed by atoms with Crippen molar-refractivity contribution in [3.63, 3.8) is 0 Å². The number of ether oxygens (including phenoxy) is 2. The molecule has 1 aromatic heterocycles. The lowest BCUT2D eigenvalue weighted by Gasteiger charge is -2.12. The fourth-order valence-electron chi connectivity index (χ4n) is 1.55. The Bertz CT molecular complexity index is 338. The quantitative estimate of drug-likeness (QED) is 0.837. The number of nitrogens with zero attached hydrogens (tertiary/aromatic N) is 2. The van der Waals surface area contributed by atoms with E-state index in [0.29, 0.717) is 17.9 Å². The van der Waals surface area contributed by atoms with Gasteiger partial charge in [-0.15, -0.1) is 0 Å². The average molecular weight is 223 g/mol. The van der Waals surface area contributed by atoms with Crippen molar-refractivity contribution in [2.24, 2.45) is 0 Å². The summed E-state index contributed by atoms with van der Waals surface area (Å²) in [4.78, 5) is 8.43. The van der Waals surface area contributed by atoms with Gasteiger partial charge in [-0.25, -0.2) is 4.98 Å².